The third-order valence-electron chi connectivity index (χ3n) is 4.13. The lowest BCUT2D eigenvalue weighted by Crippen LogP contribution is -2.34. The summed E-state index contributed by atoms with van der Waals surface area (Å²) in [4.78, 5) is 0. The Labute approximate surface area is 116 Å². The van der Waals surface area contributed by atoms with Crippen molar-refractivity contribution >= 4 is 15.9 Å². The first-order chi connectivity index (χ1) is 8.48. The zero-order valence-corrected chi connectivity index (χ0v) is 12.1. The van der Waals surface area contributed by atoms with Gasteiger partial charge in [0, 0.05) is 16.4 Å². The van der Waals surface area contributed by atoms with Gasteiger partial charge in [0.05, 0.1) is 6.10 Å². The highest BCUT2D eigenvalue weighted by atomic mass is 79.9. The van der Waals surface area contributed by atoms with Crippen molar-refractivity contribution in [1.29, 1.82) is 0 Å². The number of hydrogen-bond acceptors (Lipinski definition) is 2. The van der Waals surface area contributed by atoms with Crippen LogP contribution in [0.3, 0.4) is 0 Å². The maximum atomic E-state index is 13.1. The number of nitrogens with two attached hydrogens (primary N) is 1. The minimum absolute atomic E-state index is 0.264. The van der Waals surface area contributed by atoms with Crippen LogP contribution in [0.4, 0.5) is 4.39 Å². The number of benzene rings is 1. The largest absolute Gasteiger partial charge is 0.388 e. The average molecular weight is 316 g/mol. The van der Waals surface area contributed by atoms with Crippen LogP contribution in [-0.4, -0.2) is 11.7 Å². The fraction of sp³-hybridized carbons (Fsp3) is 0.571. The Balaban J connectivity index is 2.32. The predicted octanol–water partition coefficient (Wildman–Crippen LogP) is 3.39. The molecule has 0 aromatic heterocycles. The maximum absolute atomic E-state index is 13.1. The molecule has 0 radical (unpaired) electrons. The third kappa shape index (κ3) is 2.46. The van der Waals surface area contributed by atoms with Gasteiger partial charge in [0.25, 0.3) is 0 Å². The Hall–Kier alpha value is -0.450. The average Bonchev–Trinajstić information content (AvgIpc) is 2.71. The number of halogens is 2. The van der Waals surface area contributed by atoms with E-state index in [2.05, 4.69) is 22.9 Å². The zero-order chi connectivity index (χ0) is 13.3. The molecule has 0 aliphatic heterocycles. The van der Waals surface area contributed by atoms with Crippen LogP contribution in [0.15, 0.2) is 22.7 Å². The van der Waals surface area contributed by atoms with Crippen LogP contribution in [0.25, 0.3) is 0 Å². The van der Waals surface area contributed by atoms with E-state index in [1.165, 1.54) is 12.1 Å². The minimum atomic E-state index is -0.637. The summed E-state index contributed by atoms with van der Waals surface area (Å²) in [5.74, 6) is 0.279. The van der Waals surface area contributed by atoms with Gasteiger partial charge in [0.1, 0.15) is 5.82 Å². The monoisotopic (exact) mass is 315 g/mol. The van der Waals surface area contributed by atoms with Gasteiger partial charge in [-0.3, -0.25) is 0 Å². The van der Waals surface area contributed by atoms with E-state index in [9.17, 15) is 9.50 Å². The van der Waals surface area contributed by atoms with Gasteiger partial charge in [-0.05, 0) is 36.5 Å². The van der Waals surface area contributed by atoms with E-state index >= 15 is 0 Å². The van der Waals surface area contributed by atoms with Gasteiger partial charge in [-0.1, -0.05) is 35.3 Å². The number of aliphatic hydroxyl groups is 1. The molecule has 0 saturated heterocycles. The molecule has 0 bridgehead atoms. The fourth-order valence-electron chi connectivity index (χ4n) is 3.03. The van der Waals surface area contributed by atoms with Crippen LogP contribution in [0, 0.1) is 17.2 Å². The number of rotatable bonds is 3. The van der Waals surface area contributed by atoms with Crippen molar-refractivity contribution in [2.24, 2.45) is 17.1 Å². The van der Waals surface area contributed by atoms with Crippen LogP contribution in [0.1, 0.15) is 37.9 Å². The van der Waals surface area contributed by atoms with Crippen molar-refractivity contribution in [3.63, 3.8) is 0 Å². The van der Waals surface area contributed by atoms with Gasteiger partial charge >= 0.3 is 0 Å². The quantitative estimate of drug-likeness (QED) is 0.898. The van der Waals surface area contributed by atoms with Crippen molar-refractivity contribution < 1.29 is 9.50 Å². The van der Waals surface area contributed by atoms with Crippen LogP contribution in [-0.2, 0) is 0 Å². The van der Waals surface area contributed by atoms with Gasteiger partial charge < -0.3 is 10.8 Å². The zero-order valence-electron chi connectivity index (χ0n) is 10.5. The maximum Gasteiger partial charge on any atom is 0.124 e. The predicted molar refractivity (Wildman–Crippen MR) is 73.6 cm³/mol. The molecule has 0 heterocycles. The molecule has 0 amide bonds. The molecule has 1 aromatic carbocycles. The molecule has 0 spiro atoms. The first-order valence-electron chi connectivity index (χ1n) is 6.31. The molecule has 4 heteroatoms. The molecule has 1 aromatic rings. The van der Waals surface area contributed by atoms with Crippen molar-refractivity contribution in [2.75, 3.05) is 6.54 Å². The normalized spacial score (nSPS) is 29.5. The molecule has 1 aliphatic carbocycles. The molecule has 1 aliphatic rings. The summed E-state index contributed by atoms with van der Waals surface area (Å²) in [5, 5.41) is 10.6. The summed E-state index contributed by atoms with van der Waals surface area (Å²) in [5.41, 5.74) is 6.37. The summed E-state index contributed by atoms with van der Waals surface area (Å²) >= 11 is 3.32. The highest BCUT2D eigenvalue weighted by Gasteiger charge is 2.43. The highest BCUT2D eigenvalue weighted by molar-refractivity contribution is 9.10. The molecule has 3 unspecified atom stereocenters. The summed E-state index contributed by atoms with van der Waals surface area (Å²) in [6, 6.07) is 4.41. The molecule has 1 fully saturated rings. The Morgan fingerprint density at radius 3 is 2.83 bits per heavy atom. The second-order valence-electron chi connectivity index (χ2n) is 5.48. The molecule has 100 valence electrons. The van der Waals surface area contributed by atoms with Crippen LogP contribution >= 0.6 is 15.9 Å². The minimum Gasteiger partial charge on any atom is -0.388 e. The molecule has 2 nitrogen and oxygen atoms in total. The lowest BCUT2D eigenvalue weighted by atomic mass is 9.77. The van der Waals surface area contributed by atoms with E-state index in [0.29, 0.717) is 16.9 Å². The molecular weight excluding hydrogens is 297 g/mol. The second kappa shape index (κ2) is 5.27. The van der Waals surface area contributed by atoms with Crippen LogP contribution < -0.4 is 5.73 Å². The van der Waals surface area contributed by atoms with Gasteiger partial charge in [-0.25, -0.2) is 4.39 Å². The molecule has 2 rings (SSSR count). The SMILES string of the molecule is CC1CCC(CN)(C(O)c2ccc(F)cc2Br)C1. The van der Waals surface area contributed by atoms with E-state index in [1.54, 1.807) is 6.07 Å². The van der Waals surface area contributed by atoms with E-state index in [-0.39, 0.29) is 11.2 Å². The summed E-state index contributed by atoms with van der Waals surface area (Å²) < 4.78 is 13.7. The third-order valence-corrected chi connectivity index (χ3v) is 4.82. The lowest BCUT2D eigenvalue weighted by Gasteiger charge is -2.34. The molecule has 18 heavy (non-hydrogen) atoms. The van der Waals surface area contributed by atoms with Gasteiger partial charge in [0.15, 0.2) is 0 Å². The molecule has 1 saturated carbocycles. The van der Waals surface area contributed by atoms with E-state index in [4.69, 9.17) is 5.73 Å². The molecule has 3 N–H and O–H groups in total. The van der Waals surface area contributed by atoms with Gasteiger partial charge in [-0.15, -0.1) is 0 Å². The molecule has 3 atom stereocenters. The Morgan fingerprint density at radius 2 is 2.33 bits per heavy atom. The van der Waals surface area contributed by atoms with Crippen molar-refractivity contribution in [2.45, 2.75) is 32.3 Å². The lowest BCUT2D eigenvalue weighted by molar-refractivity contribution is 0.0302. The standard InChI is InChI=1S/C14H19BrFNO/c1-9-4-5-14(7-9,8-17)13(18)11-3-2-10(16)6-12(11)15/h2-3,6,9,13,18H,4-5,7-8,17H2,1H3. The van der Waals surface area contributed by atoms with E-state index < -0.39 is 6.10 Å². The summed E-state index contributed by atoms with van der Waals surface area (Å²) in [6.07, 6.45) is 2.31. The van der Waals surface area contributed by atoms with Crippen molar-refractivity contribution in [3.8, 4) is 0 Å². The topological polar surface area (TPSA) is 46.2 Å². The van der Waals surface area contributed by atoms with Gasteiger partial charge in [0.2, 0.25) is 0 Å². The Morgan fingerprint density at radius 1 is 1.61 bits per heavy atom. The van der Waals surface area contributed by atoms with E-state index in [1.807, 2.05) is 0 Å². The summed E-state index contributed by atoms with van der Waals surface area (Å²) in [6.45, 7) is 2.64. The Kier molecular flexibility index (Phi) is 4.09. The van der Waals surface area contributed by atoms with Crippen LogP contribution in [0.2, 0.25) is 0 Å². The van der Waals surface area contributed by atoms with Crippen molar-refractivity contribution in [1.82, 2.24) is 0 Å². The fourth-order valence-corrected chi connectivity index (χ4v) is 3.60. The summed E-state index contributed by atoms with van der Waals surface area (Å²) in [7, 11) is 0. The Bertz CT molecular complexity index is 440. The highest BCUT2D eigenvalue weighted by Crippen LogP contribution is 2.50. The first-order valence-corrected chi connectivity index (χ1v) is 7.11. The van der Waals surface area contributed by atoms with Gasteiger partial charge in [-0.2, -0.15) is 0 Å². The molecular formula is C14H19BrFNO. The van der Waals surface area contributed by atoms with Crippen molar-refractivity contribution in [3.05, 3.63) is 34.1 Å². The smallest absolute Gasteiger partial charge is 0.124 e. The first kappa shape index (κ1) is 14.0. The number of hydrogen-bond donors (Lipinski definition) is 2. The number of aliphatic hydroxyl groups excluding tert-OH is 1. The second-order valence-corrected chi connectivity index (χ2v) is 6.34. The van der Waals surface area contributed by atoms with Crippen LogP contribution in [0.5, 0.6) is 0 Å². The van der Waals surface area contributed by atoms with E-state index in [0.717, 1.165) is 24.8 Å².